The van der Waals surface area contributed by atoms with Gasteiger partial charge in [-0.2, -0.15) is 0 Å². The Morgan fingerprint density at radius 2 is 2.00 bits per heavy atom. The molecule has 0 saturated carbocycles. The maximum absolute atomic E-state index is 11.5. The van der Waals surface area contributed by atoms with E-state index in [2.05, 4.69) is 9.97 Å². The number of benzene rings is 1. The third-order valence-electron chi connectivity index (χ3n) is 2.73. The topological polar surface area (TPSA) is 42.9 Å². The fourth-order valence-corrected chi connectivity index (χ4v) is 2.70. The van der Waals surface area contributed by atoms with Gasteiger partial charge in [0.1, 0.15) is 10.7 Å². The van der Waals surface area contributed by atoms with Gasteiger partial charge in [0.2, 0.25) is 0 Å². The Bertz CT molecular complexity index is 754. The summed E-state index contributed by atoms with van der Waals surface area (Å²) in [5, 5.41) is 3.54. The van der Waals surface area contributed by atoms with Gasteiger partial charge in [0.25, 0.3) is 0 Å². The van der Waals surface area contributed by atoms with Gasteiger partial charge in [-0.15, -0.1) is 22.9 Å². The number of ketones is 1. The van der Waals surface area contributed by atoms with Gasteiger partial charge >= 0.3 is 0 Å². The molecule has 5 heteroatoms. The van der Waals surface area contributed by atoms with Crippen molar-refractivity contribution in [2.45, 2.75) is 0 Å². The Labute approximate surface area is 118 Å². The summed E-state index contributed by atoms with van der Waals surface area (Å²) in [6.45, 7) is 0. The second-order valence-corrected chi connectivity index (χ2v) is 5.11. The molecule has 0 unspecified atom stereocenters. The maximum Gasteiger partial charge on any atom is 0.196 e. The molecule has 0 spiro atoms. The van der Waals surface area contributed by atoms with E-state index >= 15 is 0 Å². The average Bonchev–Trinajstić information content (AvgIpc) is 2.95. The highest BCUT2D eigenvalue weighted by atomic mass is 35.5. The van der Waals surface area contributed by atoms with Gasteiger partial charge in [-0.1, -0.05) is 24.3 Å². The first-order chi connectivity index (χ1) is 9.28. The van der Waals surface area contributed by atoms with Crippen molar-refractivity contribution < 1.29 is 4.79 Å². The molecule has 19 heavy (non-hydrogen) atoms. The predicted molar refractivity (Wildman–Crippen MR) is 77.9 cm³/mol. The number of hydrogen-bond donors (Lipinski definition) is 0. The Morgan fingerprint density at radius 1 is 1.16 bits per heavy atom. The fourth-order valence-electron chi connectivity index (χ4n) is 1.77. The highest BCUT2D eigenvalue weighted by Crippen LogP contribution is 2.24. The van der Waals surface area contributed by atoms with E-state index in [0.29, 0.717) is 5.69 Å². The molecule has 94 valence electrons. The molecule has 0 aliphatic rings. The first-order valence-electron chi connectivity index (χ1n) is 5.69. The summed E-state index contributed by atoms with van der Waals surface area (Å²) >= 11 is 6.92. The van der Waals surface area contributed by atoms with E-state index in [1.54, 1.807) is 5.38 Å². The van der Waals surface area contributed by atoms with E-state index < -0.39 is 0 Å². The number of Topliss-reactive ketones (excluding diaryl/α,β-unsaturated/α-hetero) is 1. The van der Waals surface area contributed by atoms with Crippen LogP contribution >= 0.6 is 22.9 Å². The zero-order valence-electron chi connectivity index (χ0n) is 9.84. The van der Waals surface area contributed by atoms with Gasteiger partial charge in [-0.05, 0) is 12.1 Å². The van der Waals surface area contributed by atoms with Gasteiger partial charge in [-0.25, -0.2) is 9.97 Å². The molecule has 3 aromatic rings. The minimum absolute atomic E-state index is 0.0473. The van der Waals surface area contributed by atoms with E-state index in [1.807, 2.05) is 36.4 Å². The summed E-state index contributed by atoms with van der Waals surface area (Å²) in [5.41, 5.74) is 2.10. The van der Waals surface area contributed by atoms with Crippen molar-refractivity contribution in [2.24, 2.45) is 0 Å². The molecule has 0 saturated heterocycles. The Hall–Kier alpha value is -1.78. The number of thiazole rings is 1. The number of rotatable bonds is 3. The molecule has 0 atom stereocenters. The van der Waals surface area contributed by atoms with Crippen LogP contribution in [0.3, 0.4) is 0 Å². The van der Waals surface area contributed by atoms with Crippen molar-refractivity contribution in [3.05, 3.63) is 47.5 Å². The van der Waals surface area contributed by atoms with Crippen LogP contribution < -0.4 is 0 Å². The standard InChI is InChI=1S/C14H9ClN2OS/c15-7-13(18)12-8-19-14(17-12)11-6-5-9-3-1-2-4-10(9)16-11/h1-6,8H,7H2. The number of fused-ring (bicyclic) bond motifs is 1. The maximum atomic E-state index is 11.5. The molecule has 0 aliphatic carbocycles. The van der Waals surface area contributed by atoms with Crippen LogP contribution in [0.15, 0.2) is 41.8 Å². The molecule has 0 aliphatic heterocycles. The predicted octanol–water partition coefficient (Wildman–Crippen LogP) is 3.78. The molecule has 0 radical (unpaired) electrons. The van der Waals surface area contributed by atoms with Gasteiger partial charge in [0.05, 0.1) is 17.1 Å². The molecular weight excluding hydrogens is 280 g/mol. The molecule has 0 bridgehead atoms. The second-order valence-electron chi connectivity index (χ2n) is 3.98. The van der Waals surface area contributed by atoms with E-state index in [0.717, 1.165) is 21.6 Å². The molecule has 1 aromatic carbocycles. The number of pyridine rings is 1. The number of carbonyl (C=O) groups excluding carboxylic acids is 1. The lowest BCUT2D eigenvalue weighted by Gasteiger charge is -1.99. The van der Waals surface area contributed by atoms with Crippen molar-refractivity contribution in [1.29, 1.82) is 0 Å². The number of carbonyl (C=O) groups is 1. The second kappa shape index (κ2) is 5.07. The molecule has 0 N–H and O–H groups in total. The van der Waals surface area contributed by atoms with Gasteiger partial charge in [0, 0.05) is 10.8 Å². The highest BCUT2D eigenvalue weighted by Gasteiger charge is 2.11. The summed E-state index contributed by atoms with van der Waals surface area (Å²) in [6, 6.07) is 11.8. The molecule has 2 heterocycles. The van der Waals surface area contributed by atoms with Crippen molar-refractivity contribution in [2.75, 3.05) is 5.88 Å². The lowest BCUT2D eigenvalue weighted by atomic mass is 10.2. The summed E-state index contributed by atoms with van der Waals surface area (Å²) in [7, 11) is 0. The fraction of sp³-hybridized carbons (Fsp3) is 0.0714. The zero-order chi connectivity index (χ0) is 13.2. The SMILES string of the molecule is O=C(CCl)c1csc(-c2ccc3ccccc3n2)n1. The van der Waals surface area contributed by atoms with Crippen LogP contribution in [0, 0.1) is 0 Å². The molecule has 3 nitrogen and oxygen atoms in total. The molecule has 0 amide bonds. The van der Waals surface area contributed by atoms with Crippen LogP contribution in [0.1, 0.15) is 10.5 Å². The zero-order valence-corrected chi connectivity index (χ0v) is 11.4. The van der Waals surface area contributed by atoms with E-state index in [1.165, 1.54) is 11.3 Å². The van der Waals surface area contributed by atoms with Gasteiger partial charge in [-0.3, -0.25) is 4.79 Å². The lowest BCUT2D eigenvalue weighted by molar-refractivity contribution is 0.101. The normalized spacial score (nSPS) is 10.8. The summed E-state index contributed by atoms with van der Waals surface area (Å²) in [5.74, 6) is -0.209. The van der Waals surface area contributed by atoms with Crippen LogP contribution in [0.4, 0.5) is 0 Å². The average molecular weight is 289 g/mol. The van der Waals surface area contributed by atoms with E-state index in [9.17, 15) is 4.79 Å². The number of nitrogens with zero attached hydrogens (tertiary/aromatic N) is 2. The third-order valence-corrected chi connectivity index (χ3v) is 3.84. The van der Waals surface area contributed by atoms with E-state index in [-0.39, 0.29) is 11.7 Å². The van der Waals surface area contributed by atoms with Crippen LogP contribution in [0.2, 0.25) is 0 Å². The number of aromatic nitrogens is 2. The quantitative estimate of drug-likeness (QED) is 0.544. The first kappa shape index (κ1) is 12.3. The van der Waals surface area contributed by atoms with Crippen LogP contribution in [-0.4, -0.2) is 21.6 Å². The lowest BCUT2D eigenvalue weighted by Crippen LogP contribution is -2.00. The number of para-hydroxylation sites is 1. The summed E-state index contributed by atoms with van der Waals surface area (Å²) in [6.07, 6.45) is 0. The van der Waals surface area contributed by atoms with Crippen molar-refractivity contribution in [3.63, 3.8) is 0 Å². The van der Waals surface area contributed by atoms with Crippen molar-refractivity contribution >= 4 is 39.6 Å². The molecule has 3 rings (SSSR count). The number of hydrogen-bond acceptors (Lipinski definition) is 4. The summed E-state index contributed by atoms with van der Waals surface area (Å²) in [4.78, 5) is 20.3. The van der Waals surface area contributed by atoms with Gasteiger partial charge < -0.3 is 0 Å². The summed E-state index contributed by atoms with van der Waals surface area (Å²) < 4.78 is 0. The molecule has 0 fully saturated rings. The molecule has 2 aromatic heterocycles. The Kier molecular flexibility index (Phi) is 3.27. The first-order valence-corrected chi connectivity index (χ1v) is 7.10. The third kappa shape index (κ3) is 2.37. The largest absolute Gasteiger partial charge is 0.291 e. The van der Waals surface area contributed by atoms with Crippen LogP contribution in [0.5, 0.6) is 0 Å². The van der Waals surface area contributed by atoms with Crippen LogP contribution in [0.25, 0.3) is 21.6 Å². The van der Waals surface area contributed by atoms with Crippen molar-refractivity contribution in [1.82, 2.24) is 9.97 Å². The van der Waals surface area contributed by atoms with Crippen molar-refractivity contribution in [3.8, 4) is 10.7 Å². The highest BCUT2D eigenvalue weighted by molar-refractivity contribution is 7.13. The molecular formula is C14H9ClN2OS. The minimum Gasteiger partial charge on any atom is -0.291 e. The van der Waals surface area contributed by atoms with Gasteiger partial charge in [0.15, 0.2) is 5.78 Å². The monoisotopic (exact) mass is 288 g/mol. The Balaban J connectivity index is 2.04. The number of halogens is 1. The minimum atomic E-state index is -0.162. The smallest absolute Gasteiger partial charge is 0.196 e. The Morgan fingerprint density at radius 3 is 2.84 bits per heavy atom. The van der Waals surface area contributed by atoms with E-state index in [4.69, 9.17) is 11.6 Å². The van der Waals surface area contributed by atoms with Crippen LogP contribution in [-0.2, 0) is 0 Å². The number of alkyl halides is 1.